The second-order valence-electron chi connectivity index (χ2n) is 3.46. The molecular formula is C11H14Cl2F2N2O. The van der Waals surface area contributed by atoms with Crippen molar-refractivity contribution >= 4 is 29.9 Å². The second-order valence-corrected chi connectivity index (χ2v) is 3.87. The van der Waals surface area contributed by atoms with E-state index in [1.54, 1.807) is 7.05 Å². The molecule has 0 aromatic heterocycles. The highest BCUT2D eigenvalue weighted by Gasteiger charge is 2.14. The molecule has 0 radical (unpaired) electrons. The zero-order valence-electron chi connectivity index (χ0n) is 9.73. The lowest BCUT2D eigenvalue weighted by Crippen LogP contribution is -2.27. The molecule has 0 saturated heterocycles. The molecule has 0 bridgehead atoms. The molecule has 2 N–H and O–H groups in total. The van der Waals surface area contributed by atoms with Crippen LogP contribution in [0.3, 0.4) is 0 Å². The molecule has 0 aliphatic heterocycles. The van der Waals surface area contributed by atoms with E-state index < -0.39 is 17.5 Å². The van der Waals surface area contributed by atoms with E-state index in [1.165, 1.54) is 0 Å². The van der Waals surface area contributed by atoms with Gasteiger partial charge in [0.15, 0.2) is 11.6 Å². The smallest absolute Gasteiger partial charge is 0.252 e. The average Bonchev–Trinajstić information content (AvgIpc) is 2.29. The first kappa shape index (κ1) is 17.1. The number of carbonyl (C=O) groups excluding carboxylic acids is 1. The normalized spacial score (nSPS) is 9.78. The van der Waals surface area contributed by atoms with Crippen molar-refractivity contribution in [2.24, 2.45) is 0 Å². The van der Waals surface area contributed by atoms with E-state index in [0.29, 0.717) is 6.54 Å². The van der Waals surface area contributed by atoms with Crippen molar-refractivity contribution in [1.82, 2.24) is 10.6 Å². The Morgan fingerprint density at radius 1 is 1.28 bits per heavy atom. The Morgan fingerprint density at radius 3 is 2.50 bits per heavy atom. The standard InChI is InChI=1S/C11H13ClF2N2O.ClH/c1-15-3-2-4-16-11(17)7-5-9(13)10(14)6-8(7)12;/h5-6,15H,2-4H2,1H3,(H,16,17);1H. The highest BCUT2D eigenvalue weighted by Crippen LogP contribution is 2.19. The van der Waals surface area contributed by atoms with Crippen molar-refractivity contribution < 1.29 is 13.6 Å². The lowest BCUT2D eigenvalue weighted by Gasteiger charge is -2.07. The van der Waals surface area contributed by atoms with Crippen LogP contribution in [0.5, 0.6) is 0 Å². The van der Waals surface area contributed by atoms with Gasteiger partial charge in [-0.15, -0.1) is 12.4 Å². The van der Waals surface area contributed by atoms with Crippen LogP contribution >= 0.6 is 24.0 Å². The SMILES string of the molecule is CNCCCNC(=O)c1cc(F)c(F)cc1Cl.Cl. The number of benzene rings is 1. The largest absolute Gasteiger partial charge is 0.352 e. The first-order valence-electron chi connectivity index (χ1n) is 5.13. The number of rotatable bonds is 5. The monoisotopic (exact) mass is 298 g/mol. The van der Waals surface area contributed by atoms with E-state index in [4.69, 9.17) is 11.6 Å². The molecule has 7 heteroatoms. The molecule has 0 aliphatic carbocycles. The fraction of sp³-hybridized carbons (Fsp3) is 0.364. The number of carbonyl (C=O) groups is 1. The summed E-state index contributed by atoms with van der Waals surface area (Å²) in [6, 6.07) is 1.59. The molecule has 0 unspecified atom stereocenters. The van der Waals surface area contributed by atoms with Gasteiger partial charge in [-0.05, 0) is 32.1 Å². The van der Waals surface area contributed by atoms with Gasteiger partial charge in [0.05, 0.1) is 10.6 Å². The van der Waals surface area contributed by atoms with E-state index in [2.05, 4.69) is 10.6 Å². The maximum absolute atomic E-state index is 12.9. The molecule has 0 heterocycles. The molecule has 1 rings (SSSR count). The summed E-state index contributed by atoms with van der Waals surface area (Å²) >= 11 is 5.66. The minimum absolute atomic E-state index is 0. The molecule has 18 heavy (non-hydrogen) atoms. The van der Waals surface area contributed by atoms with Crippen LogP contribution in [0.1, 0.15) is 16.8 Å². The molecule has 3 nitrogen and oxygen atoms in total. The van der Waals surface area contributed by atoms with Crippen LogP contribution in [0.2, 0.25) is 5.02 Å². The van der Waals surface area contributed by atoms with Gasteiger partial charge < -0.3 is 10.6 Å². The number of nitrogens with one attached hydrogen (secondary N) is 2. The number of halogens is 4. The molecule has 1 aromatic carbocycles. The van der Waals surface area contributed by atoms with Crippen molar-refractivity contribution in [2.75, 3.05) is 20.1 Å². The molecule has 0 fully saturated rings. The molecular weight excluding hydrogens is 285 g/mol. The minimum Gasteiger partial charge on any atom is -0.352 e. The van der Waals surface area contributed by atoms with Gasteiger partial charge >= 0.3 is 0 Å². The van der Waals surface area contributed by atoms with Gasteiger partial charge in [-0.25, -0.2) is 8.78 Å². The lowest BCUT2D eigenvalue weighted by atomic mass is 10.2. The maximum atomic E-state index is 12.9. The van der Waals surface area contributed by atoms with Gasteiger partial charge in [-0.3, -0.25) is 4.79 Å². The summed E-state index contributed by atoms with van der Waals surface area (Å²) in [7, 11) is 1.80. The Bertz CT molecular complexity index is 416. The molecule has 102 valence electrons. The van der Waals surface area contributed by atoms with Crippen LogP contribution in [0, 0.1) is 11.6 Å². The number of hydrogen-bond donors (Lipinski definition) is 2. The fourth-order valence-electron chi connectivity index (χ4n) is 1.26. The third kappa shape index (κ3) is 4.76. The van der Waals surface area contributed by atoms with E-state index >= 15 is 0 Å². The van der Waals surface area contributed by atoms with Crippen LogP contribution < -0.4 is 10.6 Å². The third-order valence-electron chi connectivity index (χ3n) is 2.14. The van der Waals surface area contributed by atoms with Gasteiger partial charge in [0.1, 0.15) is 0 Å². The quantitative estimate of drug-likeness (QED) is 0.647. The van der Waals surface area contributed by atoms with Crippen molar-refractivity contribution in [2.45, 2.75) is 6.42 Å². The highest BCUT2D eigenvalue weighted by atomic mass is 35.5. The molecule has 0 saturated carbocycles. The Hall–Kier alpha value is -0.910. The van der Waals surface area contributed by atoms with Gasteiger partial charge in [0.25, 0.3) is 5.91 Å². The minimum atomic E-state index is -1.09. The van der Waals surface area contributed by atoms with E-state index in [0.717, 1.165) is 25.1 Å². The predicted octanol–water partition coefficient (Wildman–Crippen LogP) is 2.38. The highest BCUT2D eigenvalue weighted by molar-refractivity contribution is 6.33. The average molecular weight is 299 g/mol. The topological polar surface area (TPSA) is 41.1 Å². The predicted molar refractivity (Wildman–Crippen MR) is 69.5 cm³/mol. The summed E-state index contributed by atoms with van der Waals surface area (Å²) in [5, 5.41) is 5.39. The summed E-state index contributed by atoms with van der Waals surface area (Å²) in [6.07, 6.45) is 0.740. The molecule has 1 aromatic rings. The number of hydrogen-bond acceptors (Lipinski definition) is 2. The maximum Gasteiger partial charge on any atom is 0.252 e. The van der Waals surface area contributed by atoms with Gasteiger partial charge in [-0.2, -0.15) is 0 Å². The van der Waals surface area contributed by atoms with Gasteiger partial charge in [0, 0.05) is 6.54 Å². The summed E-state index contributed by atoms with van der Waals surface area (Å²) in [5.41, 5.74) is -0.0602. The number of amides is 1. The van der Waals surface area contributed by atoms with E-state index in [-0.39, 0.29) is 23.0 Å². The van der Waals surface area contributed by atoms with Crippen LogP contribution in [0.4, 0.5) is 8.78 Å². The zero-order valence-corrected chi connectivity index (χ0v) is 11.3. The first-order valence-corrected chi connectivity index (χ1v) is 5.51. The van der Waals surface area contributed by atoms with Crippen molar-refractivity contribution in [1.29, 1.82) is 0 Å². The van der Waals surface area contributed by atoms with Crippen LogP contribution in [0.15, 0.2) is 12.1 Å². The van der Waals surface area contributed by atoms with Crippen LogP contribution in [-0.4, -0.2) is 26.0 Å². The third-order valence-corrected chi connectivity index (χ3v) is 2.46. The van der Waals surface area contributed by atoms with E-state index in [9.17, 15) is 13.6 Å². The molecule has 0 atom stereocenters. The Labute approximate surface area is 115 Å². The summed E-state index contributed by atoms with van der Waals surface area (Å²) in [5.74, 6) is -2.67. The molecule has 0 spiro atoms. The zero-order chi connectivity index (χ0) is 12.8. The summed E-state index contributed by atoms with van der Waals surface area (Å²) in [6.45, 7) is 1.20. The fourth-order valence-corrected chi connectivity index (χ4v) is 1.50. The van der Waals surface area contributed by atoms with Gasteiger partial charge in [0.2, 0.25) is 0 Å². The Kier molecular flexibility index (Phi) is 7.82. The van der Waals surface area contributed by atoms with Gasteiger partial charge in [-0.1, -0.05) is 11.6 Å². The molecule has 0 aliphatic rings. The Morgan fingerprint density at radius 2 is 1.89 bits per heavy atom. The van der Waals surface area contributed by atoms with Crippen LogP contribution in [-0.2, 0) is 0 Å². The van der Waals surface area contributed by atoms with E-state index in [1.807, 2.05) is 0 Å². The summed E-state index contributed by atoms with van der Waals surface area (Å²) in [4.78, 5) is 11.6. The van der Waals surface area contributed by atoms with Crippen molar-refractivity contribution in [3.8, 4) is 0 Å². The van der Waals surface area contributed by atoms with Crippen molar-refractivity contribution in [3.05, 3.63) is 34.4 Å². The summed E-state index contributed by atoms with van der Waals surface area (Å²) < 4.78 is 25.7. The van der Waals surface area contributed by atoms with Crippen LogP contribution in [0.25, 0.3) is 0 Å². The van der Waals surface area contributed by atoms with Crippen molar-refractivity contribution in [3.63, 3.8) is 0 Å². The lowest BCUT2D eigenvalue weighted by molar-refractivity contribution is 0.0953. The second kappa shape index (κ2) is 8.24. The Balaban J connectivity index is 0.00000289. The first-order chi connectivity index (χ1) is 8.06. The molecule has 1 amide bonds.